The summed E-state index contributed by atoms with van der Waals surface area (Å²) in [5.41, 5.74) is 0.385. The molecular formula is C13H15FO2. The maximum absolute atomic E-state index is 13.1. The number of rotatable bonds is 4. The number of ketones is 1. The third-order valence-electron chi connectivity index (χ3n) is 2.52. The maximum atomic E-state index is 13.1. The molecule has 3 heteroatoms. The van der Waals surface area contributed by atoms with Gasteiger partial charge in [-0.05, 0) is 44.9 Å². The quantitative estimate of drug-likeness (QED) is 0.731. The highest BCUT2D eigenvalue weighted by Gasteiger charge is 2.32. The van der Waals surface area contributed by atoms with Gasteiger partial charge in [0.1, 0.15) is 11.6 Å². The van der Waals surface area contributed by atoms with Crippen LogP contribution in [0.5, 0.6) is 5.75 Å². The summed E-state index contributed by atoms with van der Waals surface area (Å²) in [5, 5.41) is 0. The van der Waals surface area contributed by atoms with E-state index in [-0.39, 0.29) is 23.6 Å². The number of Topliss-reactive ketones (excluding diaryl/α,β-unsaturated/α-hetero) is 1. The van der Waals surface area contributed by atoms with Crippen molar-refractivity contribution >= 4 is 5.78 Å². The molecule has 1 fully saturated rings. The Morgan fingerprint density at radius 2 is 2.12 bits per heavy atom. The van der Waals surface area contributed by atoms with Crippen molar-refractivity contribution in [3.05, 3.63) is 29.6 Å². The van der Waals surface area contributed by atoms with Crippen LogP contribution in [0.3, 0.4) is 0 Å². The smallest absolute Gasteiger partial charge is 0.169 e. The third-order valence-corrected chi connectivity index (χ3v) is 2.52. The minimum atomic E-state index is -0.389. The highest BCUT2D eigenvalue weighted by atomic mass is 19.1. The molecule has 0 aliphatic heterocycles. The second kappa shape index (κ2) is 4.24. The number of hydrogen-bond donors (Lipinski definition) is 0. The molecule has 1 aliphatic rings. The molecule has 1 saturated carbocycles. The van der Waals surface area contributed by atoms with Gasteiger partial charge in [0.25, 0.3) is 0 Å². The van der Waals surface area contributed by atoms with Crippen LogP contribution in [0.2, 0.25) is 0 Å². The third kappa shape index (κ3) is 2.40. The number of hydrogen-bond acceptors (Lipinski definition) is 2. The first-order valence-electron chi connectivity index (χ1n) is 5.58. The van der Waals surface area contributed by atoms with Crippen molar-refractivity contribution in [3.63, 3.8) is 0 Å². The molecule has 0 unspecified atom stereocenters. The van der Waals surface area contributed by atoms with Crippen LogP contribution in [0.25, 0.3) is 0 Å². The van der Waals surface area contributed by atoms with Gasteiger partial charge in [-0.15, -0.1) is 0 Å². The molecule has 0 atom stereocenters. The van der Waals surface area contributed by atoms with E-state index in [4.69, 9.17) is 4.74 Å². The molecule has 0 saturated heterocycles. The Labute approximate surface area is 94.4 Å². The van der Waals surface area contributed by atoms with Crippen LogP contribution in [0.4, 0.5) is 4.39 Å². The molecule has 0 N–H and O–H groups in total. The van der Waals surface area contributed by atoms with Crippen LogP contribution >= 0.6 is 0 Å². The highest BCUT2D eigenvalue weighted by molar-refractivity contribution is 6.01. The van der Waals surface area contributed by atoms with Gasteiger partial charge in [-0.25, -0.2) is 4.39 Å². The Morgan fingerprint density at radius 1 is 1.44 bits per heavy atom. The van der Waals surface area contributed by atoms with Crippen LogP contribution in [-0.4, -0.2) is 11.9 Å². The molecule has 0 amide bonds. The van der Waals surface area contributed by atoms with Gasteiger partial charge in [-0.1, -0.05) is 0 Å². The first-order chi connectivity index (χ1) is 7.58. The minimum absolute atomic E-state index is 0.00940. The molecule has 1 aromatic carbocycles. The van der Waals surface area contributed by atoms with Gasteiger partial charge in [-0.2, -0.15) is 0 Å². The predicted octanol–water partition coefficient (Wildman–Crippen LogP) is 3.21. The van der Waals surface area contributed by atoms with Crippen LogP contribution in [-0.2, 0) is 0 Å². The number of benzene rings is 1. The summed E-state index contributed by atoms with van der Waals surface area (Å²) in [4.78, 5) is 11.9. The van der Waals surface area contributed by atoms with Crippen LogP contribution in [0, 0.1) is 11.7 Å². The average molecular weight is 222 g/mol. The van der Waals surface area contributed by atoms with Crippen molar-refractivity contribution < 1.29 is 13.9 Å². The van der Waals surface area contributed by atoms with E-state index in [0.29, 0.717) is 11.3 Å². The molecule has 0 aromatic heterocycles. The molecule has 2 nitrogen and oxygen atoms in total. The Kier molecular flexibility index (Phi) is 2.95. The predicted molar refractivity (Wildman–Crippen MR) is 59.2 cm³/mol. The monoisotopic (exact) mass is 222 g/mol. The second-order valence-corrected chi connectivity index (χ2v) is 4.45. The van der Waals surface area contributed by atoms with E-state index >= 15 is 0 Å². The number of halogens is 1. The number of ether oxygens (including phenoxy) is 1. The van der Waals surface area contributed by atoms with Gasteiger partial charge in [-0.3, -0.25) is 4.79 Å². The van der Waals surface area contributed by atoms with Crippen LogP contribution in [0.15, 0.2) is 18.2 Å². The first kappa shape index (κ1) is 11.1. The number of carbonyl (C=O) groups excluding carboxylic acids is 1. The molecule has 1 aliphatic carbocycles. The highest BCUT2D eigenvalue weighted by Crippen LogP contribution is 2.35. The second-order valence-electron chi connectivity index (χ2n) is 4.45. The Bertz CT molecular complexity index is 408. The molecule has 0 heterocycles. The van der Waals surface area contributed by atoms with Gasteiger partial charge in [0.2, 0.25) is 0 Å². The van der Waals surface area contributed by atoms with Crippen LogP contribution < -0.4 is 4.74 Å². The lowest BCUT2D eigenvalue weighted by atomic mass is 10.1. The van der Waals surface area contributed by atoms with E-state index in [1.54, 1.807) is 0 Å². The van der Waals surface area contributed by atoms with Crippen molar-refractivity contribution in [2.24, 2.45) is 5.92 Å². The van der Waals surface area contributed by atoms with Gasteiger partial charge >= 0.3 is 0 Å². The van der Waals surface area contributed by atoms with E-state index in [9.17, 15) is 9.18 Å². The molecule has 2 rings (SSSR count). The average Bonchev–Trinajstić information content (AvgIpc) is 3.02. The van der Waals surface area contributed by atoms with Gasteiger partial charge < -0.3 is 4.74 Å². The lowest BCUT2D eigenvalue weighted by molar-refractivity contribution is 0.0961. The van der Waals surface area contributed by atoms with Crippen molar-refractivity contribution in [1.82, 2.24) is 0 Å². The van der Waals surface area contributed by atoms with Gasteiger partial charge in [0, 0.05) is 5.92 Å². The topological polar surface area (TPSA) is 26.3 Å². The van der Waals surface area contributed by atoms with E-state index in [1.807, 2.05) is 13.8 Å². The van der Waals surface area contributed by atoms with Crippen molar-refractivity contribution in [3.8, 4) is 5.75 Å². The molecule has 86 valence electrons. The van der Waals surface area contributed by atoms with E-state index in [2.05, 4.69) is 0 Å². The Hall–Kier alpha value is -1.38. The van der Waals surface area contributed by atoms with E-state index in [1.165, 1.54) is 18.2 Å². The molecule has 16 heavy (non-hydrogen) atoms. The summed E-state index contributed by atoms with van der Waals surface area (Å²) >= 11 is 0. The maximum Gasteiger partial charge on any atom is 0.169 e. The summed E-state index contributed by atoms with van der Waals surface area (Å²) in [6, 6.07) is 4.13. The molecule has 1 aromatic rings. The summed E-state index contributed by atoms with van der Waals surface area (Å²) in [7, 11) is 0. The summed E-state index contributed by atoms with van der Waals surface area (Å²) in [6.07, 6.45) is 1.81. The zero-order valence-corrected chi connectivity index (χ0v) is 9.50. The minimum Gasteiger partial charge on any atom is -0.490 e. The van der Waals surface area contributed by atoms with E-state index < -0.39 is 0 Å². The van der Waals surface area contributed by atoms with E-state index in [0.717, 1.165) is 12.8 Å². The first-order valence-corrected chi connectivity index (χ1v) is 5.58. The zero-order chi connectivity index (χ0) is 11.7. The van der Waals surface area contributed by atoms with Crippen molar-refractivity contribution in [1.29, 1.82) is 0 Å². The fourth-order valence-electron chi connectivity index (χ4n) is 1.62. The fraction of sp³-hybridized carbons (Fsp3) is 0.462. The lowest BCUT2D eigenvalue weighted by Crippen LogP contribution is -2.11. The Morgan fingerprint density at radius 3 is 2.69 bits per heavy atom. The molecule has 0 bridgehead atoms. The number of carbonyl (C=O) groups is 1. The summed E-state index contributed by atoms with van der Waals surface area (Å²) < 4.78 is 18.6. The van der Waals surface area contributed by atoms with Crippen molar-refractivity contribution in [2.75, 3.05) is 0 Å². The molecule has 0 spiro atoms. The normalized spacial score (nSPS) is 15.2. The SMILES string of the molecule is CC(C)Oc1ccc(F)cc1C(=O)C1CC1. The zero-order valence-electron chi connectivity index (χ0n) is 9.50. The van der Waals surface area contributed by atoms with Gasteiger partial charge in [0.05, 0.1) is 11.7 Å². The largest absolute Gasteiger partial charge is 0.490 e. The Balaban J connectivity index is 2.31. The summed E-state index contributed by atoms with van der Waals surface area (Å²) in [6.45, 7) is 3.77. The summed E-state index contributed by atoms with van der Waals surface area (Å²) in [5.74, 6) is 0.194. The molecule has 0 radical (unpaired) electrons. The standard InChI is InChI=1S/C13H15FO2/c1-8(2)16-12-6-5-10(14)7-11(12)13(15)9-3-4-9/h5-9H,3-4H2,1-2H3. The van der Waals surface area contributed by atoms with Gasteiger partial charge in [0.15, 0.2) is 5.78 Å². The fourth-order valence-corrected chi connectivity index (χ4v) is 1.62. The lowest BCUT2D eigenvalue weighted by Gasteiger charge is -2.13. The van der Waals surface area contributed by atoms with Crippen LogP contribution in [0.1, 0.15) is 37.0 Å². The molecular weight excluding hydrogens is 207 g/mol. The van der Waals surface area contributed by atoms with Crippen molar-refractivity contribution in [2.45, 2.75) is 32.8 Å².